The number of aliphatic hydroxyl groups is 1. The predicted molar refractivity (Wildman–Crippen MR) is 297 cm³/mol. The van der Waals surface area contributed by atoms with Gasteiger partial charge in [-0.2, -0.15) is 0 Å². The highest BCUT2D eigenvalue weighted by Crippen LogP contribution is 2.66. The quantitative estimate of drug-likeness (QED) is 0.0898. The maximum absolute atomic E-state index is 16.5. The van der Waals surface area contributed by atoms with Crippen LogP contribution < -0.4 is 21.7 Å². The first kappa shape index (κ1) is 60.5. The normalized spacial score (nSPS) is 31.1. The smallest absolute Gasteiger partial charge is 0.414 e. The van der Waals surface area contributed by atoms with Gasteiger partial charge in [0.2, 0.25) is 5.96 Å². The third-order valence-corrected chi connectivity index (χ3v) is 17.5. The molecule has 2 heterocycles. The minimum atomic E-state index is -2.32. The SMILES string of the molecule is C[C@@H]1CC2(Cc3ccc(NC(=O)C(C)(F)CCCCOC4[C@H](C)CC5(Cc6ccc(NC(=O)C(C)(C)F)cc6[C@]56N=C(NC(=O)OC(C)(C)C)N(CC(C)(C)F)C6=O)C[C@@H]4C)cc3[C@]23N=C(N)N(CC(C)(C)F)C3=O)C[C@H](C)C1O. The van der Waals surface area contributed by atoms with E-state index in [9.17, 15) is 28.7 Å². The van der Waals surface area contributed by atoms with Gasteiger partial charge in [0.05, 0.1) is 25.3 Å². The molecule has 4 spiro atoms. The summed E-state index contributed by atoms with van der Waals surface area (Å²) in [5, 5.41) is 19.1. The number of halogens is 4. The summed E-state index contributed by atoms with van der Waals surface area (Å²) in [5.41, 5.74) is -4.66. The van der Waals surface area contributed by atoms with Gasteiger partial charge in [-0.1, -0.05) is 39.8 Å². The van der Waals surface area contributed by atoms with E-state index in [0.29, 0.717) is 56.1 Å². The second-order valence-corrected chi connectivity index (χ2v) is 27.4. The zero-order chi connectivity index (χ0) is 59.3. The predicted octanol–water partition coefficient (Wildman–Crippen LogP) is 9.64. The number of aliphatic imine (C=N–C) groups is 2. The number of nitrogens with zero attached hydrogens (tertiary/aromatic N) is 4. The number of unbranched alkanes of at least 4 members (excludes halogenated alkanes) is 1. The van der Waals surface area contributed by atoms with Crippen molar-refractivity contribution in [3.8, 4) is 0 Å². The molecule has 16 nitrogen and oxygen atoms in total. The monoisotopic (exact) mass is 1120 g/mol. The first-order valence-corrected chi connectivity index (χ1v) is 28.3. The highest BCUT2D eigenvalue weighted by Gasteiger charge is 2.70. The number of hydrogen-bond acceptors (Lipinski definition) is 11. The Morgan fingerprint density at radius 2 is 1.14 bits per heavy atom. The van der Waals surface area contributed by atoms with Crippen molar-refractivity contribution >= 4 is 53.0 Å². The van der Waals surface area contributed by atoms with Gasteiger partial charge in [-0.3, -0.25) is 34.3 Å². The van der Waals surface area contributed by atoms with Crippen molar-refractivity contribution in [1.29, 1.82) is 0 Å². The zero-order valence-electron chi connectivity index (χ0n) is 49.1. The molecule has 0 aromatic heterocycles. The maximum Gasteiger partial charge on any atom is 0.414 e. The minimum absolute atomic E-state index is 0.102. The highest BCUT2D eigenvalue weighted by atomic mass is 19.2. The lowest BCUT2D eigenvalue weighted by Gasteiger charge is -2.50. The Balaban J connectivity index is 0.967. The van der Waals surface area contributed by atoms with Gasteiger partial charge in [0, 0.05) is 28.8 Å². The first-order chi connectivity index (χ1) is 36.8. The van der Waals surface area contributed by atoms with Crippen LogP contribution in [0.15, 0.2) is 46.4 Å². The summed E-state index contributed by atoms with van der Waals surface area (Å²) in [6.45, 7) is 21.3. The number of alkyl halides is 4. The summed E-state index contributed by atoms with van der Waals surface area (Å²) in [5.74, 6) is -3.82. The van der Waals surface area contributed by atoms with Gasteiger partial charge in [-0.15, -0.1) is 0 Å². The molecule has 0 bridgehead atoms. The van der Waals surface area contributed by atoms with E-state index in [2.05, 4.69) is 16.0 Å². The average molecular weight is 1120 g/mol. The van der Waals surface area contributed by atoms with Gasteiger partial charge in [0.1, 0.15) is 16.9 Å². The average Bonchev–Trinajstić information content (AvgIpc) is 3.92. The number of nitrogens with one attached hydrogen (secondary N) is 3. The number of benzene rings is 2. The van der Waals surface area contributed by atoms with Crippen LogP contribution >= 0.6 is 0 Å². The van der Waals surface area contributed by atoms with Crippen LogP contribution in [0.3, 0.4) is 0 Å². The van der Waals surface area contributed by atoms with E-state index in [4.69, 9.17) is 25.2 Å². The van der Waals surface area contributed by atoms with Gasteiger partial charge in [-0.25, -0.2) is 32.3 Å². The number of amides is 5. The van der Waals surface area contributed by atoms with Crippen molar-refractivity contribution in [2.75, 3.05) is 30.3 Å². The van der Waals surface area contributed by atoms with E-state index in [-0.39, 0.29) is 79.1 Å². The molecule has 4 aliphatic carbocycles. The molecular formula is C60H84F4N8O8. The number of carbonyl (C=O) groups is 5. The third kappa shape index (κ3) is 11.1. The van der Waals surface area contributed by atoms with Crippen LogP contribution in [-0.2, 0) is 52.6 Å². The highest BCUT2D eigenvalue weighted by molar-refractivity contribution is 6.13. The Kier molecular flexibility index (Phi) is 15.6. The molecule has 2 fully saturated rings. The lowest BCUT2D eigenvalue weighted by Crippen LogP contribution is -2.56. The number of anilines is 2. The van der Waals surface area contributed by atoms with Crippen LogP contribution in [0.2, 0.25) is 0 Å². The topological polar surface area (TPSA) is 217 Å². The van der Waals surface area contributed by atoms with Crippen molar-refractivity contribution in [2.45, 2.75) is 206 Å². The molecule has 2 aliphatic heterocycles. The summed E-state index contributed by atoms with van der Waals surface area (Å²) in [7, 11) is 0. The fraction of sp³-hybridized carbons (Fsp3) is 0.683. The van der Waals surface area contributed by atoms with Crippen molar-refractivity contribution in [1.82, 2.24) is 15.1 Å². The number of ether oxygens (including phenoxy) is 2. The van der Waals surface area contributed by atoms with Gasteiger partial charge in [-0.05, 0) is 197 Å². The van der Waals surface area contributed by atoms with Gasteiger partial charge >= 0.3 is 6.09 Å². The molecule has 8 rings (SSSR count). The van der Waals surface area contributed by atoms with Crippen molar-refractivity contribution in [3.05, 3.63) is 58.7 Å². The third-order valence-electron chi connectivity index (χ3n) is 17.5. The van der Waals surface area contributed by atoms with Crippen molar-refractivity contribution < 1.29 is 56.1 Å². The van der Waals surface area contributed by atoms with Crippen LogP contribution in [0.5, 0.6) is 0 Å². The van der Waals surface area contributed by atoms with E-state index in [1.165, 1.54) is 39.5 Å². The Labute approximate surface area is 468 Å². The molecule has 0 radical (unpaired) electrons. The standard InChI is InChI=1S/C60H84F4N8O8/c1-33-25-57(26-34(2)43(33)73)29-37-18-20-40(24-41(37)59(57)47(76)71(49(65)69-59)31-53(8,9)61)67-46(75)56(14,64)21-15-16-22-79-44-35(3)27-58(28-36(44)4)30-38-17-19-39(66-45(74)55(12,13)63)23-42(38)60(58)48(77)72(32-54(10,11)62)50(70-60)68-51(78)80-52(5,6)7/h17-20,23-24,33-36,43-44,73H,15-16,21-22,25-32H2,1-14H3,(H2,65,69)(H,66,74)(H,67,75)(H,68,70,78)/t33-,34+,35-,36+,43?,44?,56?,57?,58?,59-,60-/m1/s1. The van der Waals surface area contributed by atoms with Crippen LogP contribution in [0.4, 0.5) is 33.7 Å². The summed E-state index contributed by atoms with van der Waals surface area (Å²) in [6.07, 6.45) is 1.25. The number of hydrogen-bond donors (Lipinski definition) is 5. The zero-order valence-corrected chi connectivity index (χ0v) is 49.1. The molecule has 2 aromatic rings. The number of rotatable bonds is 14. The van der Waals surface area contributed by atoms with Crippen LogP contribution in [0.25, 0.3) is 0 Å². The summed E-state index contributed by atoms with van der Waals surface area (Å²) in [6, 6.07) is 10.2. The van der Waals surface area contributed by atoms with E-state index >= 15 is 18.0 Å². The van der Waals surface area contributed by atoms with Gasteiger partial charge < -0.3 is 30.9 Å². The van der Waals surface area contributed by atoms with Crippen LogP contribution in [-0.4, -0.2) is 117 Å². The number of alkyl carbamates (subject to hydrolysis) is 1. The first-order valence-electron chi connectivity index (χ1n) is 28.3. The number of aliphatic hydroxyl groups excluding tert-OH is 1. The molecule has 440 valence electrons. The number of nitrogens with two attached hydrogens (primary N) is 1. The molecule has 5 amide bonds. The second-order valence-electron chi connectivity index (χ2n) is 27.4. The van der Waals surface area contributed by atoms with E-state index in [1.807, 2.05) is 33.8 Å². The molecule has 0 saturated heterocycles. The fourth-order valence-corrected chi connectivity index (χ4v) is 14.4. The van der Waals surface area contributed by atoms with Crippen molar-refractivity contribution in [3.63, 3.8) is 0 Å². The van der Waals surface area contributed by atoms with Gasteiger partial charge in [0.25, 0.3) is 23.6 Å². The number of fused-ring (bicyclic) bond motifs is 6. The molecule has 80 heavy (non-hydrogen) atoms. The number of carbonyl (C=O) groups excluding carboxylic acids is 5. The lowest BCUT2D eigenvalue weighted by atomic mass is 9.56. The molecule has 5 unspecified atom stereocenters. The number of guanidine groups is 2. The second kappa shape index (κ2) is 20.7. The largest absolute Gasteiger partial charge is 0.444 e. The van der Waals surface area contributed by atoms with Crippen LogP contribution in [0, 0.1) is 34.5 Å². The Hall–Kier alpha value is -5.63. The Bertz CT molecular complexity index is 2840. The minimum Gasteiger partial charge on any atom is -0.444 e. The Morgan fingerprint density at radius 3 is 1.62 bits per heavy atom. The molecule has 11 atom stereocenters. The maximum atomic E-state index is 16.5. The van der Waals surface area contributed by atoms with Gasteiger partial charge in [0.15, 0.2) is 28.4 Å². The molecule has 6 aliphatic rings. The molecule has 20 heteroatoms. The van der Waals surface area contributed by atoms with E-state index in [0.717, 1.165) is 29.9 Å². The molecule has 2 saturated carbocycles. The summed E-state index contributed by atoms with van der Waals surface area (Å²) >= 11 is 0. The van der Waals surface area contributed by atoms with Crippen LogP contribution in [0.1, 0.15) is 164 Å². The lowest BCUT2D eigenvalue weighted by molar-refractivity contribution is -0.144. The molecule has 2 aromatic carbocycles. The molecular weight excluding hydrogens is 1040 g/mol. The van der Waals surface area contributed by atoms with E-state index in [1.54, 1.807) is 51.1 Å². The molecule has 6 N–H and O–H groups in total. The Morgan fingerprint density at radius 1 is 0.675 bits per heavy atom. The summed E-state index contributed by atoms with van der Waals surface area (Å²) < 4.78 is 74.4. The van der Waals surface area contributed by atoms with E-state index < -0.39 is 92.6 Å². The summed E-state index contributed by atoms with van der Waals surface area (Å²) in [4.78, 5) is 82.6. The van der Waals surface area contributed by atoms with Crippen molar-refractivity contribution in [2.24, 2.45) is 50.2 Å². The fourth-order valence-electron chi connectivity index (χ4n) is 14.4.